The van der Waals surface area contributed by atoms with E-state index in [0.717, 1.165) is 11.1 Å². The first-order valence-corrected chi connectivity index (χ1v) is 8.10. The number of para-hydroxylation sites is 1. The monoisotopic (exact) mass is 352 g/mol. The molecular formula is C20H20N2O4. The van der Waals surface area contributed by atoms with Crippen molar-refractivity contribution in [2.45, 2.75) is 26.9 Å². The molecule has 0 aromatic heterocycles. The zero-order valence-corrected chi connectivity index (χ0v) is 14.9. The summed E-state index contributed by atoms with van der Waals surface area (Å²) in [6.07, 6.45) is -1.02. The van der Waals surface area contributed by atoms with Gasteiger partial charge in [-0.3, -0.25) is 4.79 Å². The molecule has 0 saturated heterocycles. The van der Waals surface area contributed by atoms with Gasteiger partial charge in [-0.2, -0.15) is 5.26 Å². The second-order valence-corrected chi connectivity index (χ2v) is 5.84. The third kappa shape index (κ3) is 5.08. The van der Waals surface area contributed by atoms with E-state index in [2.05, 4.69) is 5.32 Å². The summed E-state index contributed by atoms with van der Waals surface area (Å²) in [7, 11) is 0. The molecule has 0 aliphatic carbocycles. The van der Waals surface area contributed by atoms with Crippen LogP contribution in [0, 0.1) is 25.2 Å². The van der Waals surface area contributed by atoms with Crippen LogP contribution in [0.25, 0.3) is 0 Å². The van der Waals surface area contributed by atoms with E-state index in [9.17, 15) is 9.59 Å². The Morgan fingerprint density at radius 2 is 1.92 bits per heavy atom. The molecule has 134 valence electrons. The summed E-state index contributed by atoms with van der Waals surface area (Å²) in [4.78, 5) is 24.1. The standard InChI is InChI=1S/C20H20N2O4/c1-13-8-9-14(2)18(10-13)25-12-19(23)26-15(3)20(24)22-17-7-5-4-6-16(17)11-21/h4-10,15H,12H2,1-3H3,(H,22,24)/t15-/m1/s1. The highest BCUT2D eigenvalue weighted by molar-refractivity contribution is 5.96. The van der Waals surface area contributed by atoms with E-state index in [0.29, 0.717) is 17.0 Å². The number of anilines is 1. The fraction of sp³-hybridized carbons (Fsp3) is 0.250. The highest BCUT2D eigenvalue weighted by Gasteiger charge is 2.19. The molecule has 0 fully saturated rings. The van der Waals surface area contributed by atoms with Gasteiger partial charge in [-0.15, -0.1) is 0 Å². The molecule has 26 heavy (non-hydrogen) atoms. The Morgan fingerprint density at radius 1 is 1.19 bits per heavy atom. The minimum atomic E-state index is -1.02. The van der Waals surface area contributed by atoms with Crippen molar-refractivity contribution in [2.24, 2.45) is 0 Å². The van der Waals surface area contributed by atoms with Crippen molar-refractivity contribution < 1.29 is 19.1 Å². The van der Waals surface area contributed by atoms with E-state index in [1.165, 1.54) is 6.92 Å². The molecule has 2 aromatic carbocycles. The second-order valence-electron chi connectivity index (χ2n) is 5.84. The summed E-state index contributed by atoms with van der Waals surface area (Å²) in [5.41, 5.74) is 2.62. The quantitative estimate of drug-likeness (QED) is 0.807. The fourth-order valence-corrected chi connectivity index (χ4v) is 2.21. The van der Waals surface area contributed by atoms with Crippen LogP contribution in [0.3, 0.4) is 0 Å². The van der Waals surface area contributed by atoms with Gasteiger partial charge in [-0.05, 0) is 50.1 Å². The van der Waals surface area contributed by atoms with Gasteiger partial charge in [0.25, 0.3) is 5.91 Å². The molecule has 6 nitrogen and oxygen atoms in total. The Balaban J connectivity index is 1.89. The number of ether oxygens (including phenoxy) is 2. The number of aryl methyl sites for hydroxylation is 2. The van der Waals surface area contributed by atoms with Crippen LogP contribution in [-0.2, 0) is 14.3 Å². The number of amides is 1. The van der Waals surface area contributed by atoms with Crippen LogP contribution >= 0.6 is 0 Å². The summed E-state index contributed by atoms with van der Waals surface area (Å²) in [5, 5.41) is 11.6. The van der Waals surface area contributed by atoms with Gasteiger partial charge in [0, 0.05) is 0 Å². The Morgan fingerprint density at radius 3 is 2.65 bits per heavy atom. The molecule has 0 heterocycles. The van der Waals surface area contributed by atoms with Crippen molar-refractivity contribution in [1.29, 1.82) is 5.26 Å². The van der Waals surface area contributed by atoms with Crippen molar-refractivity contribution in [3.05, 3.63) is 59.2 Å². The molecule has 0 bridgehead atoms. The first-order valence-electron chi connectivity index (χ1n) is 8.10. The van der Waals surface area contributed by atoms with E-state index < -0.39 is 18.0 Å². The molecule has 1 atom stereocenters. The molecule has 1 amide bonds. The van der Waals surface area contributed by atoms with Crippen LogP contribution < -0.4 is 10.1 Å². The topological polar surface area (TPSA) is 88.4 Å². The molecule has 6 heteroatoms. The van der Waals surface area contributed by atoms with Crippen molar-refractivity contribution in [2.75, 3.05) is 11.9 Å². The molecule has 2 rings (SSSR count). The Labute approximate surface area is 152 Å². The average molecular weight is 352 g/mol. The van der Waals surface area contributed by atoms with Gasteiger partial charge >= 0.3 is 5.97 Å². The maximum Gasteiger partial charge on any atom is 0.344 e. The maximum absolute atomic E-state index is 12.2. The van der Waals surface area contributed by atoms with Gasteiger partial charge in [0.1, 0.15) is 11.8 Å². The molecule has 2 aromatic rings. The van der Waals surface area contributed by atoms with Gasteiger partial charge in [0.05, 0.1) is 11.3 Å². The highest BCUT2D eigenvalue weighted by atomic mass is 16.6. The van der Waals surface area contributed by atoms with Crippen molar-refractivity contribution in [3.8, 4) is 11.8 Å². The van der Waals surface area contributed by atoms with Crippen LogP contribution in [-0.4, -0.2) is 24.6 Å². The summed E-state index contributed by atoms with van der Waals surface area (Å²) in [6, 6.07) is 14.3. The van der Waals surface area contributed by atoms with E-state index in [4.69, 9.17) is 14.7 Å². The smallest absolute Gasteiger partial charge is 0.344 e. The van der Waals surface area contributed by atoms with Crippen LogP contribution in [0.15, 0.2) is 42.5 Å². The fourth-order valence-electron chi connectivity index (χ4n) is 2.21. The number of nitriles is 1. The molecule has 0 radical (unpaired) electrons. The third-order valence-electron chi connectivity index (χ3n) is 3.67. The zero-order chi connectivity index (χ0) is 19.1. The SMILES string of the molecule is Cc1ccc(C)c(OCC(=O)O[C@H](C)C(=O)Nc2ccccc2C#N)c1. The summed E-state index contributed by atoms with van der Waals surface area (Å²) in [6.45, 7) is 4.97. The lowest BCUT2D eigenvalue weighted by Crippen LogP contribution is -2.32. The maximum atomic E-state index is 12.2. The number of hydrogen-bond acceptors (Lipinski definition) is 5. The third-order valence-corrected chi connectivity index (χ3v) is 3.67. The Hall–Kier alpha value is -3.33. The number of nitrogens with one attached hydrogen (secondary N) is 1. The minimum absolute atomic E-state index is 0.295. The zero-order valence-electron chi connectivity index (χ0n) is 14.9. The van der Waals surface area contributed by atoms with Gasteiger partial charge in [-0.1, -0.05) is 24.3 Å². The predicted molar refractivity (Wildman–Crippen MR) is 96.8 cm³/mol. The normalized spacial score (nSPS) is 11.2. The van der Waals surface area contributed by atoms with Gasteiger partial charge in [0.2, 0.25) is 0 Å². The first kappa shape index (κ1) is 19.0. The van der Waals surface area contributed by atoms with Gasteiger partial charge < -0.3 is 14.8 Å². The highest BCUT2D eigenvalue weighted by Crippen LogP contribution is 2.19. The molecule has 0 saturated carbocycles. The number of esters is 1. The molecule has 0 unspecified atom stereocenters. The summed E-state index contributed by atoms with van der Waals surface area (Å²) >= 11 is 0. The summed E-state index contributed by atoms with van der Waals surface area (Å²) in [5.74, 6) is -0.572. The van der Waals surface area contributed by atoms with Crippen LogP contribution in [0.5, 0.6) is 5.75 Å². The predicted octanol–water partition coefficient (Wildman–Crippen LogP) is 3.12. The van der Waals surface area contributed by atoms with Crippen LogP contribution in [0.1, 0.15) is 23.6 Å². The van der Waals surface area contributed by atoms with E-state index in [1.807, 2.05) is 38.1 Å². The van der Waals surface area contributed by atoms with Gasteiger partial charge in [0.15, 0.2) is 12.7 Å². The van der Waals surface area contributed by atoms with Crippen molar-refractivity contribution in [3.63, 3.8) is 0 Å². The second kappa shape index (κ2) is 8.67. The Bertz CT molecular complexity index is 855. The molecule has 0 aliphatic rings. The summed E-state index contributed by atoms with van der Waals surface area (Å²) < 4.78 is 10.6. The van der Waals surface area contributed by atoms with Gasteiger partial charge in [-0.25, -0.2) is 4.79 Å². The number of hydrogen-bond donors (Lipinski definition) is 1. The molecule has 1 N–H and O–H groups in total. The molecular weight excluding hydrogens is 332 g/mol. The largest absolute Gasteiger partial charge is 0.482 e. The lowest BCUT2D eigenvalue weighted by atomic mass is 10.1. The first-order chi connectivity index (χ1) is 12.4. The molecule has 0 aliphatic heterocycles. The molecule has 0 spiro atoms. The van der Waals surface area contributed by atoms with E-state index in [-0.39, 0.29) is 6.61 Å². The Kier molecular flexibility index (Phi) is 6.34. The number of carbonyl (C=O) groups is 2. The average Bonchev–Trinajstić information content (AvgIpc) is 2.62. The lowest BCUT2D eigenvalue weighted by molar-refractivity contribution is -0.155. The lowest BCUT2D eigenvalue weighted by Gasteiger charge is -2.15. The van der Waals surface area contributed by atoms with Crippen LogP contribution in [0.4, 0.5) is 5.69 Å². The van der Waals surface area contributed by atoms with Crippen LogP contribution in [0.2, 0.25) is 0 Å². The minimum Gasteiger partial charge on any atom is -0.482 e. The van der Waals surface area contributed by atoms with E-state index in [1.54, 1.807) is 24.3 Å². The number of nitrogens with zero attached hydrogens (tertiary/aromatic N) is 1. The number of benzene rings is 2. The van der Waals surface area contributed by atoms with Crippen molar-refractivity contribution >= 4 is 17.6 Å². The number of carbonyl (C=O) groups excluding carboxylic acids is 2. The number of rotatable bonds is 6. The van der Waals surface area contributed by atoms with Crippen molar-refractivity contribution in [1.82, 2.24) is 0 Å². The van der Waals surface area contributed by atoms with E-state index >= 15 is 0 Å².